The van der Waals surface area contributed by atoms with Crippen LogP contribution in [0.25, 0.3) is 11.5 Å². The molecule has 0 bridgehead atoms. The van der Waals surface area contributed by atoms with E-state index in [0.717, 1.165) is 13.1 Å². The number of rotatable bonds is 6. The van der Waals surface area contributed by atoms with Gasteiger partial charge in [0, 0.05) is 25.1 Å². The van der Waals surface area contributed by atoms with Gasteiger partial charge in [-0.25, -0.2) is 0 Å². The van der Waals surface area contributed by atoms with E-state index < -0.39 is 0 Å². The van der Waals surface area contributed by atoms with Crippen molar-refractivity contribution in [3.8, 4) is 11.5 Å². The summed E-state index contributed by atoms with van der Waals surface area (Å²) in [6, 6.07) is 7.49. The zero-order valence-electron chi connectivity index (χ0n) is 10.8. The minimum absolute atomic E-state index is 0.509. The van der Waals surface area contributed by atoms with Crippen LogP contribution < -0.4 is 5.32 Å². The fourth-order valence-corrected chi connectivity index (χ4v) is 1.75. The van der Waals surface area contributed by atoms with E-state index in [0.29, 0.717) is 24.0 Å². The smallest absolute Gasteiger partial charge is 0.240 e. The van der Waals surface area contributed by atoms with E-state index in [-0.39, 0.29) is 0 Å². The summed E-state index contributed by atoms with van der Waals surface area (Å²) < 4.78 is 7.03. The molecule has 0 aromatic carbocycles. The third-order valence-electron chi connectivity index (χ3n) is 2.72. The van der Waals surface area contributed by atoms with Gasteiger partial charge in [0.05, 0.1) is 13.1 Å². The highest BCUT2D eigenvalue weighted by Crippen LogP contribution is 2.11. The van der Waals surface area contributed by atoms with Crippen LogP contribution in [0.3, 0.4) is 0 Å². The Morgan fingerprint density at radius 2 is 2.20 bits per heavy atom. The van der Waals surface area contributed by atoms with Gasteiger partial charge in [0.1, 0.15) is 5.69 Å². The van der Waals surface area contributed by atoms with Crippen LogP contribution in [0.1, 0.15) is 5.89 Å². The van der Waals surface area contributed by atoms with Gasteiger partial charge in [0.25, 0.3) is 0 Å². The van der Waals surface area contributed by atoms with Gasteiger partial charge in [-0.15, -0.1) is 0 Å². The van der Waals surface area contributed by atoms with Gasteiger partial charge in [0.15, 0.2) is 0 Å². The van der Waals surface area contributed by atoms with Gasteiger partial charge in [-0.2, -0.15) is 10.1 Å². The number of nitrogens with zero attached hydrogens (tertiary/aromatic N) is 5. The monoisotopic (exact) mass is 270 g/mol. The lowest BCUT2D eigenvalue weighted by Gasteiger charge is -2.01. The number of pyridine rings is 1. The molecule has 0 atom stereocenters. The molecule has 7 nitrogen and oxygen atoms in total. The standard InChI is InChI=1S/C13H14N6O/c1-2-5-15-11(4-1)13-17-12(20-18-13)10-14-7-9-19-8-3-6-16-19/h1-6,8,14H,7,9-10H2. The van der Waals surface area contributed by atoms with Crippen LogP contribution in [0.15, 0.2) is 47.4 Å². The molecule has 3 aromatic heterocycles. The SMILES string of the molecule is c1ccc(-c2noc(CNCCn3cccn3)n2)nc1. The molecule has 0 amide bonds. The quantitative estimate of drug-likeness (QED) is 0.676. The molecule has 20 heavy (non-hydrogen) atoms. The number of aromatic nitrogens is 5. The minimum Gasteiger partial charge on any atom is -0.337 e. The van der Waals surface area contributed by atoms with Gasteiger partial charge >= 0.3 is 0 Å². The molecule has 102 valence electrons. The average Bonchev–Trinajstić information content (AvgIpc) is 3.16. The molecule has 0 radical (unpaired) electrons. The Bertz CT molecular complexity index is 634. The van der Waals surface area contributed by atoms with Crippen molar-refractivity contribution >= 4 is 0 Å². The molecule has 0 fully saturated rings. The molecule has 3 heterocycles. The lowest BCUT2D eigenvalue weighted by molar-refractivity contribution is 0.365. The highest BCUT2D eigenvalue weighted by atomic mass is 16.5. The van der Waals surface area contributed by atoms with Crippen molar-refractivity contribution < 1.29 is 4.52 Å². The average molecular weight is 270 g/mol. The Hall–Kier alpha value is -2.54. The number of nitrogens with one attached hydrogen (secondary N) is 1. The van der Waals surface area contributed by atoms with E-state index in [1.165, 1.54) is 0 Å². The molecule has 0 unspecified atom stereocenters. The molecule has 0 spiro atoms. The van der Waals surface area contributed by atoms with Crippen molar-refractivity contribution in [2.75, 3.05) is 6.54 Å². The largest absolute Gasteiger partial charge is 0.337 e. The lowest BCUT2D eigenvalue weighted by Crippen LogP contribution is -2.19. The van der Waals surface area contributed by atoms with E-state index in [1.54, 1.807) is 12.4 Å². The molecular formula is C13H14N6O. The number of hydrogen-bond acceptors (Lipinski definition) is 6. The van der Waals surface area contributed by atoms with Gasteiger partial charge in [-0.1, -0.05) is 11.2 Å². The summed E-state index contributed by atoms with van der Waals surface area (Å²) in [5.41, 5.74) is 0.707. The topological polar surface area (TPSA) is 81.7 Å². The Kier molecular flexibility index (Phi) is 3.79. The molecule has 1 N–H and O–H groups in total. The first-order chi connectivity index (χ1) is 9.92. The van der Waals surface area contributed by atoms with Crippen LogP contribution >= 0.6 is 0 Å². The molecular weight excluding hydrogens is 256 g/mol. The summed E-state index contributed by atoms with van der Waals surface area (Å²) in [4.78, 5) is 8.47. The van der Waals surface area contributed by atoms with Crippen LogP contribution in [0.2, 0.25) is 0 Å². The summed E-state index contributed by atoms with van der Waals surface area (Å²) >= 11 is 0. The maximum Gasteiger partial charge on any atom is 0.240 e. The van der Waals surface area contributed by atoms with E-state index in [4.69, 9.17) is 4.52 Å². The second-order valence-electron chi connectivity index (χ2n) is 4.17. The minimum atomic E-state index is 0.509. The van der Waals surface area contributed by atoms with Gasteiger partial charge < -0.3 is 9.84 Å². The van der Waals surface area contributed by atoms with Gasteiger partial charge in [0.2, 0.25) is 11.7 Å². The molecule has 3 aromatic rings. The maximum atomic E-state index is 5.17. The Morgan fingerprint density at radius 1 is 1.20 bits per heavy atom. The summed E-state index contributed by atoms with van der Waals surface area (Å²) in [6.45, 7) is 2.11. The zero-order valence-corrected chi connectivity index (χ0v) is 10.8. The van der Waals surface area contributed by atoms with Crippen LogP contribution in [-0.4, -0.2) is 31.4 Å². The van der Waals surface area contributed by atoms with Crippen LogP contribution in [0, 0.1) is 0 Å². The predicted octanol–water partition coefficient (Wildman–Crippen LogP) is 1.12. The summed E-state index contributed by atoms with van der Waals surface area (Å²) in [6.07, 6.45) is 5.39. The third-order valence-corrected chi connectivity index (χ3v) is 2.72. The molecule has 0 aliphatic heterocycles. The van der Waals surface area contributed by atoms with Crippen molar-refractivity contribution in [2.45, 2.75) is 13.1 Å². The van der Waals surface area contributed by atoms with Crippen LogP contribution in [0.4, 0.5) is 0 Å². The molecule has 3 rings (SSSR count). The van der Waals surface area contributed by atoms with Gasteiger partial charge in [-0.05, 0) is 18.2 Å². The Morgan fingerprint density at radius 3 is 3.00 bits per heavy atom. The first kappa shape index (κ1) is 12.5. The molecule has 0 saturated carbocycles. The van der Waals surface area contributed by atoms with E-state index >= 15 is 0 Å². The summed E-state index contributed by atoms with van der Waals surface area (Å²) in [5, 5.41) is 11.3. The molecule has 0 aliphatic rings. The molecule has 7 heteroatoms. The molecule has 0 saturated heterocycles. The second-order valence-corrected chi connectivity index (χ2v) is 4.17. The van der Waals surface area contributed by atoms with E-state index in [2.05, 4.69) is 25.5 Å². The van der Waals surface area contributed by atoms with E-state index in [9.17, 15) is 0 Å². The Labute approximate surface area is 115 Å². The van der Waals surface area contributed by atoms with Crippen molar-refractivity contribution in [2.24, 2.45) is 0 Å². The van der Waals surface area contributed by atoms with Crippen molar-refractivity contribution in [1.82, 2.24) is 30.2 Å². The highest BCUT2D eigenvalue weighted by molar-refractivity contribution is 5.46. The highest BCUT2D eigenvalue weighted by Gasteiger charge is 2.08. The summed E-state index contributed by atoms with van der Waals surface area (Å²) in [7, 11) is 0. The summed E-state index contributed by atoms with van der Waals surface area (Å²) in [5.74, 6) is 1.06. The van der Waals surface area contributed by atoms with Crippen LogP contribution in [-0.2, 0) is 13.1 Å². The molecule has 0 aliphatic carbocycles. The number of hydrogen-bond donors (Lipinski definition) is 1. The fraction of sp³-hybridized carbons (Fsp3) is 0.231. The van der Waals surface area contributed by atoms with E-state index in [1.807, 2.05) is 35.1 Å². The third kappa shape index (κ3) is 3.07. The second kappa shape index (κ2) is 6.07. The maximum absolute atomic E-state index is 5.17. The predicted molar refractivity (Wildman–Crippen MR) is 71.5 cm³/mol. The van der Waals surface area contributed by atoms with Gasteiger partial charge in [-0.3, -0.25) is 9.67 Å². The lowest BCUT2D eigenvalue weighted by atomic mass is 10.3. The van der Waals surface area contributed by atoms with Crippen molar-refractivity contribution in [1.29, 1.82) is 0 Å². The normalized spacial score (nSPS) is 10.8. The first-order valence-corrected chi connectivity index (χ1v) is 6.34. The zero-order chi connectivity index (χ0) is 13.6. The van der Waals surface area contributed by atoms with Crippen molar-refractivity contribution in [3.63, 3.8) is 0 Å². The van der Waals surface area contributed by atoms with Crippen molar-refractivity contribution in [3.05, 3.63) is 48.7 Å². The first-order valence-electron chi connectivity index (χ1n) is 6.34. The Balaban J connectivity index is 1.50. The fourth-order valence-electron chi connectivity index (χ4n) is 1.75. The van der Waals surface area contributed by atoms with Crippen LogP contribution in [0.5, 0.6) is 0 Å².